The summed E-state index contributed by atoms with van der Waals surface area (Å²) < 4.78 is 13.0. The summed E-state index contributed by atoms with van der Waals surface area (Å²) in [5, 5.41) is 5.56. The number of halogens is 1. The van der Waals surface area contributed by atoms with Gasteiger partial charge in [0.25, 0.3) is 5.91 Å². The SMILES string of the molecule is CC(=O)Nc1ccc(C(=O)NC(C)(C)c2ccc(F)cc2)cc1. The summed E-state index contributed by atoms with van der Waals surface area (Å²) in [6.07, 6.45) is 0. The van der Waals surface area contributed by atoms with Gasteiger partial charge in [0, 0.05) is 18.2 Å². The fourth-order valence-corrected chi connectivity index (χ4v) is 2.20. The molecule has 2 amide bonds. The van der Waals surface area contributed by atoms with Gasteiger partial charge in [0.05, 0.1) is 5.54 Å². The van der Waals surface area contributed by atoms with Crippen molar-refractivity contribution in [1.82, 2.24) is 5.32 Å². The van der Waals surface area contributed by atoms with Crippen LogP contribution < -0.4 is 10.6 Å². The van der Waals surface area contributed by atoms with E-state index < -0.39 is 5.54 Å². The van der Waals surface area contributed by atoms with Crippen LogP contribution in [0.5, 0.6) is 0 Å². The lowest BCUT2D eigenvalue weighted by atomic mass is 9.94. The number of carbonyl (C=O) groups excluding carboxylic acids is 2. The van der Waals surface area contributed by atoms with Crippen LogP contribution in [0.4, 0.5) is 10.1 Å². The maximum absolute atomic E-state index is 13.0. The monoisotopic (exact) mass is 314 g/mol. The van der Waals surface area contributed by atoms with Gasteiger partial charge in [-0.2, -0.15) is 0 Å². The Morgan fingerprint density at radius 3 is 2.04 bits per heavy atom. The van der Waals surface area contributed by atoms with E-state index in [1.807, 2.05) is 13.8 Å². The Balaban J connectivity index is 2.11. The van der Waals surface area contributed by atoms with E-state index in [1.54, 1.807) is 36.4 Å². The zero-order chi connectivity index (χ0) is 17.0. The van der Waals surface area contributed by atoms with Crippen molar-refractivity contribution < 1.29 is 14.0 Å². The highest BCUT2D eigenvalue weighted by atomic mass is 19.1. The molecular weight excluding hydrogens is 295 g/mol. The van der Waals surface area contributed by atoms with Gasteiger partial charge in [0.1, 0.15) is 5.82 Å². The molecule has 5 heteroatoms. The third kappa shape index (κ3) is 4.39. The van der Waals surface area contributed by atoms with Gasteiger partial charge >= 0.3 is 0 Å². The molecule has 4 nitrogen and oxygen atoms in total. The van der Waals surface area contributed by atoms with Crippen molar-refractivity contribution in [2.75, 3.05) is 5.32 Å². The summed E-state index contributed by atoms with van der Waals surface area (Å²) in [4.78, 5) is 23.3. The van der Waals surface area contributed by atoms with Gasteiger partial charge in [-0.3, -0.25) is 9.59 Å². The van der Waals surface area contributed by atoms with E-state index >= 15 is 0 Å². The first kappa shape index (κ1) is 16.7. The molecule has 0 aliphatic rings. The fourth-order valence-electron chi connectivity index (χ4n) is 2.20. The molecule has 0 fully saturated rings. The molecule has 2 aromatic carbocycles. The molecule has 0 aromatic heterocycles. The van der Waals surface area contributed by atoms with E-state index in [4.69, 9.17) is 0 Å². The van der Waals surface area contributed by atoms with Crippen molar-refractivity contribution in [3.05, 3.63) is 65.5 Å². The van der Waals surface area contributed by atoms with Crippen molar-refractivity contribution >= 4 is 17.5 Å². The Morgan fingerprint density at radius 2 is 1.52 bits per heavy atom. The second kappa shape index (κ2) is 6.60. The highest BCUT2D eigenvalue weighted by molar-refractivity contribution is 5.96. The first-order chi connectivity index (χ1) is 10.8. The largest absolute Gasteiger partial charge is 0.343 e. The second-order valence-corrected chi connectivity index (χ2v) is 5.84. The predicted molar refractivity (Wildman–Crippen MR) is 87.6 cm³/mol. The molecule has 23 heavy (non-hydrogen) atoms. The van der Waals surface area contributed by atoms with Crippen LogP contribution in [0.15, 0.2) is 48.5 Å². The number of rotatable bonds is 4. The summed E-state index contributed by atoms with van der Waals surface area (Å²) in [7, 11) is 0. The molecule has 120 valence electrons. The molecule has 0 atom stereocenters. The van der Waals surface area contributed by atoms with Crippen molar-refractivity contribution in [2.24, 2.45) is 0 Å². The molecule has 0 saturated heterocycles. The van der Waals surface area contributed by atoms with E-state index in [2.05, 4.69) is 10.6 Å². The van der Waals surface area contributed by atoms with Crippen molar-refractivity contribution in [2.45, 2.75) is 26.3 Å². The Hall–Kier alpha value is -2.69. The number of hydrogen-bond donors (Lipinski definition) is 2. The summed E-state index contributed by atoms with van der Waals surface area (Å²) >= 11 is 0. The van der Waals surface area contributed by atoms with Crippen molar-refractivity contribution in [3.63, 3.8) is 0 Å². The summed E-state index contributed by atoms with van der Waals surface area (Å²) in [5.74, 6) is -0.724. The summed E-state index contributed by atoms with van der Waals surface area (Å²) in [6.45, 7) is 5.12. The molecule has 0 unspecified atom stereocenters. The lowest BCUT2D eigenvalue weighted by molar-refractivity contribution is -0.114. The normalized spacial score (nSPS) is 11.0. The van der Waals surface area contributed by atoms with E-state index in [0.29, 0.717) is 11.3 Å². The topological polar surface area (TPSA) is 58.2 Å². The molecule has 2 N–H and O–H groups in total. The molecule has 2 aromatic rings. The summed E-state index contributed by atoms with van der Waals surface area (Å²) in [6, 6.07) is 12.6. The number of hydrogen-bond acceptors (Lipinski definition) is 2. The van der Waals surface area contributed by atoms with Crippen LogP contribution in [-0.2, 0) is 10.3 Å². The minimum absolute atomic E-state index is 0.167. The smallest absolute Gasteiger partial charge is 0.251 e. The van der Waals surface area contributed by atoms with Gasteiger partial charge in [0.15, 0.2) is 0 Å². The first-order valence-corrected chi connectivity index (χ1v) is 7.24. The summed E-state index contributed by atoms with van der Waals surface area (Å²) in [5.41, 5.74) is 1.28. The second-order valence-electron chi connectivity index (χ2n) is 5.84. The van der Waals surface area contributed by atoms with Crippen LogP contribution in [0.25, 0.3) is 0 Å². The average molecular weight is 314 g/mol. The molecule has 0 radical (unpaired) electrons. The average Bonchev–Trinajstić information content (AvgIpc) is 2.47. The predicted octanol–water partition coefficient (Wildman–Crippen LogP) is 3.45. The lowest BCUT2D eigenvalue weighted by Gasteiger charge is -2.27. The van der Waals surface area contributed by atoms with Crippen LogP contribution in [0.2, 0.25) is 0 Å². The van der Waals surface area contributed by atoms with Gasteiger partial charge < -0.3 is 10.6 Å². The van der Waals surface area contributed by atoms with Crippen molar-refractivity contribution in [3.8, 4) is 0 Å². The number of nitrogens with one attached hydrogen (secondary N) is 2. The van der Waals surface area contributed by atoms with E-state index in [-0.39, 0.29) is 17.6 Å². The quantitative estimate of drug-likeness (QED) is 0.908. The Morgan fingerprint density at radius 1 is 0.957 bits per heavy atom. The van der Waals surface area contributed by atoms with E-state index in [9.17, 15) is 14.0 Å². The number of amides is 2. The maximum Gasteiger partial charge on any atom is 0.251 e. The standard InChI is InChI=1S/C18H19FN2O2/c1-12(22)20-16-10-4-13(5-11-16)17(23)21-18(2,3)14-6-8-15(19)9-7-14/h4-11H,1-3H3,(H,20,22)(H,21,23). The van der Waals surface area contributed by atoms with Crippen LogP contribution in [0, 0.1) is 5.82 Å². The van der Waals surface area contributed by atoms with Gasteiger partial charge in [-0.05, 0) is 55.8 Å². The maximum atomic E-state index is 13.0. The van der Waals surface area contributed by atoms with Crippen LogP contribution in [0.1, 0.15) is 36.7 Å². The highest BCUT2D eigenvalue weighted by Crippen LogP contribution is 2.21. The first-order valence-electron chi connectivity index (χ1n) is 7.24. The fraction of sp³-hybridized carbons (Fsp3) is 0.222. The van der Waals surface area contributed by atoms with Gasteiger partial charge in [-0.1, -0.05) is 12.1 Å². The third-order valence-corrected chi connectivity index (χ3v) is 3.46. The Bertz CT molecular complexity index is 707. The third-order valence-electron chi connectivity index (χ3n) is 3.46. The highest BCUT2D eigenvalue weighted by Gasteiger charge is 2.23. The number of anilines is 1. The molecule has 0 heterocycles. The molecule has 0 aliphatic carbocycles. The molecule has 0 bridgehead atoms. The zero-order valence-corrected chi connectivity index (χ0v) is 13.3. The Labute approximate surface area is 134 Å². The van der Waals surface area contributed by atoms with Gasteiger partial charge in [-0.25, -0.2) is 4.39 Å². The zero-order valence-electron chi connectivity index (χ0n) is 13.3. The minimum atomic E-state index is -0.638. The number of benzene rings is 2. The van der Waals surface area contributed by atoms with E-state index in [1.165, 1.54) is 19.1 Å². The minimum Gasteiger partial charge on any atom is -0.343 e. The van der Waals surface area contributed by atoms with Gasteiger partial charge in [0.2, 0.25) is 5.91 Å². The Kier molecular flexibility index (Phi) is 4.79. The van der Waals surface area contributed by atoms with Crippen LogP contribution in [-0.4, -0.2) is 11.8 Å². The van der Waals surface area contributed by atoms with Crippen LogP contribution >= 0.6 is 0 Å². The molecule has 0 aliphatic heterocycles. The van der Waals surface area contributed by atoms with Gasteiger partial charge in [-0.15, -0.1) is 0 Å². The molecule has 0 saturated carbocycles. The molecule has 0 spiro atoms. The van der Waals surface area contributed by atoms with Crippen LogP contribution in [0.3, 0.4) is 0 Å². The molecular formula is C18H19FN2O2. The molecule has 2 rings (SSSR count). The van der Waals surface area contributed by atoms with Crippen molar-refractivity contribution in [1.29, 1.82) is 0 Å². The lowest BCUT2D eigenvalue weighted by Crippen LogP contribution is -2.41. The number of carbonyl (C=O) groups is 2. The van der Waals surface area contributed by atoms with E-state index in [0.717, 1.165) is 5.56 Å².